The van der Waals surface area contributed by atoms with Crippen LogP contribution in [-0.4, -0.2) is 59.4 Å². The summed E-state index contributed by atoms with van der Waals surface area (Å²) in [6.45, 7) is 1.22. The summed E-state index contributed by atoms with van der Waals surface area (Å²) in [7, 11) is 1.60. The van der Waals surface area contributed by atoms with Crippen molar-refractivity contribution in [1.29, 1.82) is 5.26 Å². The molecule has 2 fully saturated rings. The molecule has 32 heavy (non-hydrogen) atoms. The van der Waals surface area contributed by atoms with Crippen molar-refractivity contribution in [2.75, 3.05) is 20.3 Å². The molecule has 1 saturated carbocycles. The summed E-state index contributed by atoms with van der Waals surface area (Å²) in [5.41, 5.74) is 1.47. The van der Waals surface area contributed by atoms with Crippen LogP contribution < -0.4 is 10.6 Å². The molecule has 2 aliphatic rings. The molecule has 2 heterocycles. The minimum atomic E-state index is -0.800. The fourth-order valence-electron chi connectivity index (χ4n) is 4.41. The van der Waals surface area contributed by atoms with Crippen molar-refractivity contribution in [2.24, 2.45) is 5.92 Å². The Balaban J connectivity index is 1.35. The third-order valence-electron chi connectivity index (χ3n) is 6.06. The molecule has 1 aromatic heterocycles. The van der Waals surface area contributed by atoms with Crippen LogP contribution in [0.25, 0.3) is 5.69 Å². The molecule has 1 aromatic carbocycles. The van der Waals surface area contributed by atoms with Gasteiger partial charge in [0.1, 0.15) is 17.6 Å². The zero-order chi connectivity index (χ0) is 22.5. The summed E-state index contributed by atoms with van der Waals surface area (Å²) < 4.78 is 26.5. The molecule has 10 heteroatoms. The monoisotopic (exact) mass is 442 g/mol. The van der Waals surface area contributed by atoms with Crippen LogP contribution in [-0.2, 0) is 27.3 Å². The Kier molecular flexibility index (Phi) is 7.09. The van der Waals surface area contributed by atoms with Gasteiger partial charge in [-0.2, -0.15) is 5.26 Å². The highest BCUT2D eigenvalue weighted by molar-refractivity contribution is 5.83. The second-order valence-electron chi connectivity index (χ2n) is 8.28. The normalized spacial score (nSPS) is 22.6. The molecule has 0 radical (unpaired) electrons. The van der Waals surface area contributed by atoms with Crippen LogP contribution in [0.5, 0.6) is 0 Å². The van der Waals surface area contributed by atoms with E-state index in [1.165, 1.54) is 10.7 Å². The number of methoxy groups -OCH3 is 1. The molecule has 2 aromatic rings. The number of nitrogens with zero attached hydrogens (tertiary/aromatic N) is 4. The Labute approximate surface area is 185 Å². The van der Waals surface area contributed by atoms with E-state index in [0.29, 0.717) is 42.1 Å². The number of ether oxygens (including phenoxy) is 2. The van der Waals surface area contributed by atoms with E-state index in [1.807, 2.05) is 0 Å². The van der Waals surface area contributed by atoms with Gasteiger partial charge in [-0.3, -0.25) is 4.79 Å². The fraction of sp³-hybridized carbons (Fsp3) is 0.545. The van der Waals surface area contributed by atoms with E-state index in [9.17, 15) is 14.4 Å². The van der Waals surface area contributed by atoms with Crippen LogP contribution in [0, 0.1) is 23.1 Å². The topological polar surface area (TPSA) is 114 Å². The lowest BCUT2D eigenvalue weighted by Crippen LogP contribution is -2.50. The van der Waals surface area contributed by atoms with Gasteiger partial charge in [-0.15, -0.1) is 5.10 Å². The van der Waals surface area contributed by atoms with Crippen molar-refractivity contribution in [3.05, 3.63) is 41.5 Å². The standard InChI is InChI=1S/C22H27FN6O3/c1-31-6-7-32-13-18-12-29(28-27-18)19-5-3-14(20(23)10-19)8-17(11-24)26-22(30)21-15-2-4-16(9-15)25-21/h3,5,10,12,15-17,21,25H,2,4,6-9,13H2,1H3,(H,26,30)/t15-,16+,17-,21-/m0/s1. The smallest absolute Gasteiger partial charge is 0.238 e. The second kappa shape index (κ2) is 10.2. The number of fused-ring (bicyclic) bond motifs is 2. The van der Waals surface area contributed by atoms with Crippen LogP contribution in [0.1, 0.15) is 30.5 Å². The molecular weight excluding hydrogens is 415 g/mol. The number of piperidine rings is 1. The molecule has 0 spiro atoms. The number of benzene rings is 1. The molecule has 4 rings (SSSR count). The molecular formula is C22H27FN6O3. The zero-order valence-corrected chi connectivity index (χ0v) is 18.0. The van der Waals surface area contributed by atoms with Crippen LogP contribution in [0.2, 0.25) is 0 Å². The molecule has 1 aliphatic heterocycles. The lowest BCUT2D eigenvalue weighted by molar-refractivity contribution is -0.124. The number of amides is 1. The van der Waals surface area contributed by atoms with Crippen LogP contribution in [0.3, 0.4) is 0 Å². The quantitative estimate of drug-likeness (QED) is 0.533. The number of carbonyl (C=O) groups is 1. The van der Waals surface area contributed by atoms with E-state index in [0.717, 1.165) is 19.3 Å². The van der Waals surface area contributed by atoms with Gasteiger partial charge in [0.15, 0.2) is 0 Å². The van der Waals surface area contributed by atoms with Crippen molar-refractivity contribution in [1.82, 2.24) is 25.6 Å². The van der Waals surface area contributed by atoms with Crippen molar-refractivity contribution in [3.63, 3.8) is 0 Å². The SMILES string of the molecule is COCCOCc1cn(-c2ccc(C[C@@H](C#N)NC(=O)[C@H]3N[C@@H]4CC[C@H]3C4)c(F)c2)nn1. The fourth-order valence-corrected chi connectivity index (χ4v) is 4.41. The maximum absolute atomic E-state index is 14.8. The van der Waals surface area contributed by atoms with Gasteiger partial charge in [0, 0.05) is 19.6 Å². The lowest BCUT2D eigenvalue weighted by atomic mass is 9.98. The Morgan fingerprint density at radius 1 is 1.44 bits per heavy atom. The Bertz CT molecular complexity index is 990. The Morgan fingerprint density at radius 2 is 2.31 bits per heavy atom. The van der Waals surface area contributed by atoms with Crippen molar-refractivity contribution < 1.29 is 18.7 Å². The van der Waals surface area contributed by atoms with Gasteiger partial charge in [-0.1, -0.05) is 11.3 Å². The van der Waals surface area contributed by atoms with Gasteiger partial charge in [0.05, 0.1) is 43.8 Å². The van der Waals surface area contributed by atoms with Gasteiger partial charge in [0.25, 0.3) is 0 Å². The maximum Gasteiger partial charge on any atom is 0.238 e. The molecule has 0 unspecified atom stereocenters. The summed E-state index contributed by atoms with van der Waals surface area (Å²) in [6, 6.07) is 6.07. The number of rotatable bonds is 10. The van der Waals surface area contributed by atoms with E-state index >= 15 is 0 Å². The van der Waals surface area contributed by atoms with E-state index in [-0.39, 0.29) is 25.0 Å². The maximum atomic E-state index is 14.8. The predicted molar refractivity (Wildman–Crippen MR) is 112 cm³/mol. The first-order valence-electron chi connectivity index (χ1n) is 10.8. The van der Waals surface area contributed by atoms with E-state index < -0.39 is 11.9 Å². The van der Waals surface area contributed by atoms with E-state index in [4.69, 9.17) is 9.47 Å². The zero-order valence-electron chi connectivity index (χ0n) is 18.0. The summed E-state index contributed by atoms with van der Waals surface area (Å²) in [4.78, 5) is 12.6. The van der Waals surface area contributed by atoms with Crippen molar-refractivity contribution in [2.45, 2.75) is 50.4 Å². The Morgan fingerprint density at radius 3 is 3.00 bits per heavy atom. The number of aromatic nitrogens is 3. The Hall–Kier alpha value is -2.87. The number of nitriles is 1. The predicted octanol–water partition coefficient (Wildman–Crippen LogP) is 1.26. The highest BCUT2D eigenvalue weighted by Gasteiger charge is 2.43. The van der Waals surface area contributed by atoms with Crippen molar-refractivity contribution in [3.8, 4) is 11.8 Å². The molecule has 1 saturated heterocycles. The number of hydrogen-bond donors (Lipinski definition) is 2. The van der Waals surface area contributed by atoms with E-state index in [2.05, 4.69) is 27.0 Å². The van der Waals surface area contributed by atoms with Crippen LogP contribution >= 0.6 is 0 Å². The lowest BCUT2D eigenvalue weighted by Gasteiger charge is -2.23. The number of nitrogens with one attached hydrogen (secondary N) is 2. The first-order valence-corrected chi connectivity index (χ1v) is 10.8. The highest BCUT2D eigenvalue weighted by Crippen LogP contribution is 2.35. The minimum absolute atomic E-state index is 0.0884. The largest absolute Gasteiger partial charge is 0.382 e. The van der Waals surface area contributed by atoms with Gasteiger partial charge in [-0.05, 0) is 42.9 Å². The first kappa shape index (κ1) is 22.3. The summed E-state index contributed by atoms with van der Waals surface area (Å²) in [5, 5.41) is 23.6. The summed E-state index contributed by atoms with van der Waals surface area (Å²) >= 11 is 0. The van der Waals surface area contributed by atoms with Gasteiger partial charge in [0.2, 0.25) is 5.91 Å². The van der Waals surface area contributed by atoms with Gasteiger partial charge in [-0.25, -0.2) is 9.07 Å². The molecule has 9 nitrogen and oxygen atoms in total. The summed E-state index contributed by atoms with van der Waals surface area (Å²) in [5.74, 6) is -0.319. The third kappa shape index (κ3) is 5.12. The number of carbonyl (C=O) groups excluding carboxylic acids is 1. The van der Waals surface area contributed by atoms with E-state index in [1.54, 1.807) is 25.4 Å². The minimum Gasteiger partial charge on any atom is -0.382 e. The molecule has 1 aliphatic carbocycles. The average Bonchev–Trinajstić information content (AvgIpc) is 3.55. The summed E-state index contributed by atoms with van der Waals surface area (Å²) in [6.07, 6.45) is 4.90. The second-order valence-corrected chi connectivity index (χ2v) is 8.28. The molecule has 4 atom stereocenters. The van der Waals surface area contributed by atoms with Gasteiger partial charge >= 0.3 is 0 Å². The molecule has 170 valence electrons. The first-order chi connectivity index (χ1) is 15.6. The molecule has 2 N–H and O–H groups in total. The van der Waals surface area contributed by atoms with Crippen LogP contribution in [0.15, 0.2) is 24.4 Å². The molecule has 1 amide bonds. The number of hydrogen-bond acceptors (Lipinski definition) is 7. The average molecular weight is 442 g/mol. The van der Waals surface area contributed by atoms with Gasteiger partial charge < -0.3 is 20.1 Å². The number of halogens is 1. The third-order valence-corrected chi connectivity index (χ3v) is 6.06. The van der Waals surface area contributed by atoms with Crippen molar-refractivity contribution >= 4 is 5.91 Å². The van der Waals surface area contributed by atoms with Crippen LogP contribution in [0.4, 0.5) is 4.39 Å². The highest BCUT2D eigenvalue weighted by atomic mass is 19.1. The molecule has 2 bridgehead atoms.